The number of hydrogen-bond donors (Lipinski definition) is 0. The summed E-state index contributed by atoms with van der Waals surface area (Å²) in [5, 5.41) is 3.42. The first-order valence-corrected chi connectivity index (χ1v) is 6.50. The highest BCUT2D eigenvalue weighted by Gasteiger charge is 2.05. The van der Waals surface area contributed by atoms with Crippen molar-refractivity contribution in [2.45, 2.75) is 26.7 Å². The van der Waals surface area contributed by atoms with E-state index in [1.807, 2.05) is 11.3 Å². The molecule has 2 rings (SSSR count). The minimum Gasteiger partial charge on any atom is -0.240 e. The van der Waals surface area contributed by atoms with Crippen LogP contribution >= 0.6 is 22.7 Å². The van der Waals surface area contributed by atoms with Gasteiger partial charge in [-0.3, -0.25) is 0 Å². The Hall–Kier alpha value is -0.670. The molecule has 3 heteroatoms. The Morgan fingerprint density at radius 2 is 2.21 bits per heavy atom. The zero-order chi connectivity index (χ0) is 9.97. The molecule has 0 amide bonds. The normalized spacial score (nSPS) is 10.7. The Balaban J connectivity index is 2.24. The van der Waals surface area contributed by atoms with Crippen molar-refractivity contribution in [3.63, 3.8) is 0 Å². The summed E-state index contributed by atoms with van der Waals surface area (Å²) >= 11 is 3.59. The van der Waals surface area contributed by atoms with Gasteiger partial charge in [-0.2, -0.15) is 0 Å². The second-order valence-corrected chi connectivity index (χ2v) is 5.52. The van der Waals surface area contributed by atoms with Gasteiger partial charge >= 0.3 is 0 Å². The van der Waals surface area contributed by atoms with Gasteiger partial charge in [0.15, 0.2) is 0 Å². The number of thiazole rings is 1. The van der Waals surface area contributed by atoms with Crippen LogP contribution in [0.4, 0.5) is 0 Å². The van der Waals surface area contributed by atoms with E-state index in [1.54, 1.807) is 11.3 Å². The van der Waals surface area contributed by atoms with Crippen LogP contribution in [0.1, 0.15) is 23.2 Å². The van der Waals surface area contributed by atoms with Gasteiger partial charge in [-0.25, -0.2) is 4.98 Å². The molecule has 0 saturated carbocycles. The van der Waals surface area contributed by atoms with Crippen LogP contribution in [0.2, 0.25) is 0 Å². The molecule has 2 aromatic heterocycles. The Bertz CT molecular complexity index is 414. The van der Waals surface area contributed by atoms with Crippen molar-refractivity contribution >= 4 is 22.7 Å². The monoisotopic (exact) mass is 223 g/mol. The molecule has 0 aliphatic carbocycles. The summed E-state index contributed by atoms with van der Waals surface area (Å²) in [6, 6.07) is 4.31. The molecule has 0 radical (unpaired) electrons. The summed E-state index contributed by atoms with van der Waals surface area (Å²) in [5.41, 5.74) is 1.15. The molecule has 74 valence electrons. The van der Waals surface area contributed by atoms with Crippen LogP contribution in [0.5, 0.6) is 0 Å². The number of aryl methyl sites for hydroxylation is 2. The van der Waals surface area contributed by atoms with Crippen molar-refractivity contribution in [2.75, 3.05) is 0 Å². The molecule has 0 bridgehead atoms. The Morgan fingerprint density at radius 3 is 2.86 bits per heavy atom. The van der Waals surface area contributed by atoms with Crippen LogP contribution in [0.15, 0.2) is 17.5 Å². The zero-order valence-electron chi connectivity index (χ0n) is 8.41. The maximum atomic E-state index is 4.61. The molecular weight excluding hydrogens is 210 g/mol. The first-order chi connectivity index (χ1) is 6.79. The van der Waals surface area contributed by atoms with E-state index < -0.39 is 0 Å². The van der Waals surface area contributed by atoms with Gasteiger partial charge in [0.1, 0.15) is 0 Å². The van der Waals surface area contributed by atoms with Crippen LogP contribution in [0.3, 0.4) is 0 Å². The summed E-state index contributed by atoms with van der Waals surface area (Å²) in [6.45, 7) is 4.32. The average Bonchev–Trinajstić information content (AvgIpc) is 2.74. The van der Waals surface area contributed by atoms with Gasteiger partial charge in [-0.05, 0) is 31.9 Å². The first-order valence-electron chi connectivity index (χ1n) is 4.81. The highest BCUT2D eigenvalue weighted by Crippen LogP contribution is 2.28. The van der Waals surface area contributed by atoms with Crippen molar-refractivity contribution in [3.05, 3.63) is 27.4 Å². The fourth-order valence-electron chi connectivity index (χ4n) is 1.32. The number of hydrogen-bond acceptors (Lipinski definition) is 3. The van der Waals surface area contributed by atoms with Gasteiger partial charge < -0.3 is 0 Å². The third-order valence-corrected chi connectivity index (χ3v) is 3.94. The highest BCUT2D eigenvalue weighted by molar-refractivity contribution is 7.16. The summed E-state index contributed by atoms with van der Waals surface area (Å²) < 4.78 is 0. The molecule has 14 heavy (non-hydrogen) atoms. The fraction of sp³-hybridized carbons (Fsp3) is 0.364. The van der Waals surface area contributed by atoms with Crippen LogP contribution in [-0.2, 0) is 6.42 Å². The Morgan fingerprint density at radius 1 is 1.36 bits per heavy atom. The highest BCUT2D eigenvalue weighted by atomic mass is 32.1. The van der Waals surface area contributed by atoms with E-state index in [2.05, 4.69) is 36.3 Å². The van der Waals surface area contributed by atoms with Crippen LogP contribution < -0.4 is 0 Å². The van der Waals surface area contributed by atoms with Crippen molar-refractivity contribution in [1.82, 2.24) is 4.98 Å². The number of nitrogens with zero attached hydrogens (tertiary/aromatic N) is 1. The van der Waals surface area contributed by atoms with Crippen molar-refractivity contribution in [2.24, 2.45) is 0 Å². The largest absolute Gasteiger partial charge is 0.240 e. The van der Waals surface area contributed by atoms with E-state index in [0.29, 0.717) is 0 Å². The van der Waals surface area contributed by atoms with E-state index in [1.165, 1.54) is 21.2 Å². The maximum absolute atomic E-state index is 4.61. The molecule has 0 fully saturated rings. The van der Waals surface area contributed by atoms with Gasteiger partial charge in [0, 0.05) is 10.3 Å². The Kier molecular flexibility index (Phi) is 2.99. The second kappa shape index (κ2) is 4.24. The summed E-state index contributed by atoms with van der Waals surface area (Å²) in [6.07, 6.45) is 2.28. The van der Waals surface area contributed by atoms with Gasteiger partial charge in [0.2, 0.25) is 0 Å². The van der Waals surface area contributed by atoms with Gasteiger partial charge in [0.25, 0.3) is 0 Å². The van der Waals surface area contributed by atoms with E-state index in [4.69, 9.17) is 0 Å². The standard InChI is InChI=1S/C11H13NS2/c1-3-4-11-12-9(7-13-11)10-6-5-8(2)14-10/h5-7H,3-4H2,1-2H3. The predicted octanol–water partition coefficient (Wildman–Crippen LogP) is 4.13. The summed E-state index contributed by atoms with van der Waals surface area (Å²) in [5.74, 6) is 0. The lowest BCUT2D eigenvalue weighted by atomic mass is 10.3. The lowest BCUT2D eigenvalue weighted by Gasteiger charge is -1.89. The van der Waals surface area contributed by atoms with Crippen LogP contribution in [0.25, 0.3) is 10.6 Å². The number of aromatic nitrogens is 1. The fourth-order valence-corrected chi connectivity index (χ4v) is 3.13. The quantitative estimate of drug-likeness (QED) is 0.762. The van der Waals surface area contributed by atoms with Crippen LogP contribution in [0, 0.1) is 6.92 Å². The van der Waals surface area contributed by atoms with E-state index in [-0.39, 0.29) is 0 Å². The molecule has 0 spiro atoms. The summed E-state index contributed by atoms with van der Waals surface area (Å²) in [4.78, 5) is 7.26. The number of thiophene rings is 1. The molecule has 0 aromatic carbocycles. The zero-order valence-corrected chi connectivity index (χ0v) is 10.0. The van der Waals surface area contributed by atoms with Crippen LogP contribution in [-0.4, -0.2) is 4.98 Å². The maximum Gasteiger partial charge on any atom is 0.0932 e. The van der Waals surface area contributed by atoms with Crippen molar-refractivity contribution in [1.29, 1.82) is 0 Å². The van der Waals surface area contributed by atoms with E-state index in [0.717, 1.165) is 12.1 Å². The molecule has 0 aliphatic heterocycles. The van der Waals surface area contributed by atoms with E-state index in [9.17, 15) is 0 Å². The van der Waals surface area contributed by atoms with Crippen molar-refractivity contribution < 1.29 is 0 Å². The molecule has 2 heterocycles. The molecule has 2 aromatic rings. The van der Waals surface area contributed by atoms with E-state index >= 15 is 0 Å². The molecule has 0 aliphatic rings. The average molecular weight is 223 g/mol. The predicted molar refractivity (Wildman–Crippen MR) is 64.2 cm³/mol. The molecule has 1 nitrogen and oxygen atoms in total. The van der Waals surface area contributed by atoms with Gasteiger partial charge in [-0.15, -0.1) is 22.7 Å². The SMILES string of the molecule is CCCc1nc(-c2ccc(C)s2)cs1. The third-order valence-electron chi connectivity index (χ3n) is 2.01. The van der Waals surface area contributed by atoms with Crippen molar-refractivity contribution in [3.8, 4) is 10.6 Å². The number of rotatable bonds is 3. The Labute approximate surface area is 92.4 Å². The second-order valence-electron chi connectivity index (χ2n) is 3.29. The van der Waals surface area contributed by atoms with Gasteiger partial charge in [-0.1, -0.05) is 6.92 Å². The third kappa shape index (κ3) is 2.04. The molecular formula is C11H13NS2. The topological polar surface area (TPSA) is 12.9 Å². The minimum atomic E-state index is 1.11. The summed E-state index contributed by atoms with van der Waals surface area (Å²) in [7, 11) is 0. The smallest absolute Gasteiger partial charge is 0.0932 e. The molecule has 0 saturated heterocycles. The lowest BCUT2D eigenvalue weighted by Crippen LogP contribution is -1.80. The molecule has 0 N–H and O–H groups in total. The molecule has 0 atom stereocenters. The lowest BCUT2D eigenvalue weighted by molar-refractivity contribution is 0.910. The first kappa shape index (κ1) is 9.87. The molecule has 0 unspecified atom stereocenters. The minimum absolute atomic E-state index is 1.11. The van der Waals surface area contributed by atoms with Gasteiger partial charge in [0.05, 0.1) is 15.6 Å².